The Kier molecular flexibility index (Phi) is 3.50. The molecular formula is C17H16FNO. The maximum absolute atomic E-state index is 13.6. The summed E-state index contributed by atoms with van der Waals surface area (Å²) in [4.78, 5) is 12.4. The first-order valence-corrected chi connectivity index (χ1v) is 6.92. The summed E-state index contributed by atoms with van der Waals surface area (Å²) in [7, 11) is 0. The Morgan fingerprint density at radius 3 is 2.65 bits per heavy atom. The van der Waals surface area contributed by atoms with Crippen molar-refractivity contribution in [3.05, 3.63) is 65.0 Å². The molecule has 0 fully saturated rings. The average Bonchev–Trinajstić information content (AvgIpc) is 2.49. The van der Waals surface area contributed by atoms with Gasteiger partial charge in [-0.1, -0.05) is 24.3 Å². The zero-order chi connectivity index (χ0) is 13.9. The van der Waals surface area contributed by atoms with Gasteiger partial charge in [-0.15, -0.1) is 0 Å². The first-order valence-electron chi connectivity index (χ1n) is 6.92. The number of hydrogen-bond acceptors (Lipinski definition) is 1. The highest BCUT2D eigenvalue weighted by Crippen LogP contribution is 2.25. The highest BCUT2D eigenvalue weighted by Gasteiger charge is 2.18. The van der Waals surface area contributed by atoms with E-state index in [4.69, 9.17) is 0 Å². The molecule has 20 heavy (non-hydrogen) atoms. The lowest BCUT2D eigenvalue weighted by molar-refractivity contribution is 0.102. The maximum Gasteiger partial charge on any atom is 0.256 e. The van der Waals surface area contributed by atoms with Crippen LogP contribution in [-0.2, 0) is 12.8 Å². The van der Waals surface area contributed by atoms with Crippen molar-refractivity contribution in [2.24, 2.45) is 0 Å². The van der Waals surface area contributed by atoms with Crippen LogP contribution in [0.2, 0.25) is 0 Å². The van der Waals surface area contributed by atoms with Crippen LogP contribution >= 0.6 is 0 Å². The maximum atomic E-state index is 13.6. The predicted octanol–water partition coefficient (Wildman–Crippen LogP) is 3.96. The van der Waals surface area contributed by atoms with Gasteiger partial charge in [-0.25, -0.2) is 4.39 Å². The first-order chi connectivity index (χ1) is 9.75. The van der Waals surface area contributed by atoms with Gasteiger partial charge in [-0.05, 0) is 55.0 Å². The van der Waals surface area contributed by atoms with E-state index in [0.29, 0.717) is 5.56 Å². The largest absolute Gasteiger partial charge is 0.319 e. The minimum Gasteiger partial charge on any atom is -0.319 e. The lowest BCUT2D eigenvalue weighted by atomic mass is 9.88. The Labute approximate surface area is 117 Å². The topological polar surface area (TPSA) is 29.1 Å². The van der Waals surface area contributed by atoms with Gasteiger partial charge in [0.15, 0.2) is 0 Å². The molecule has 1 aliphatic rings. The van der Waals surface area contributed by atoms with Crippen molar-refractivity contribution in [2.75, 3.05) is 5.32 Å². The van der Waals surface area contributed by atoms with Crippen LogP contribution in [0.4, 0.5) is 10.1 Å². The molecule has 2 nitrogen and oxygen atoms in total. The van der Waals surface area contributed by atoms with Gasteiger partial charge >= 0.3 is 0 Å². The van der Waals surface area contributed by atoms with Crippen LogP contribution in [0.1, 0.15) is 34.3 Å². The lowest BCUT2D eigenvalue weighted by Gasteiger charge is -2.19. The van der Waals surface area contributed by atoms with E-state index in [2.05, 4.69) is 11.4 Å². The molecule has 0 heterocycles. The van der Waals surface area contributed by atoms with Crippen LogP contribution in [0, 0.1) is 5.82 Å². The number of hydrogen-bond donors (Lipinski definition) is 1. The van der Waals surface area contributed by atoms with Gasteiger partial charge in [0.25, 0.3) is 5.91 Å². The fourth-order valence-corrected chi connectivity index (χ4v) is 2.75. The third kappa shape index (κ3) is 2.44. The van der Waals surface area contributed by atoms with Crippen LogP contribution in [0.15, 0.2) is 42.5 Å². The fraction of sp³-hybridized carbons (Fsp3) is 0.235. The average molecular weight is 269 g/mol. The molecule has 2 aromatic rings. The number of anilines is 1. The molecule has 1 aliphatic carbocycles. The summed E-state index contributed by atoms with van der Waals surface area (Å²) in [6.07, 6.45) is 4.23. The Morgan fingerprint density at radius 2 is 1.80 bits per heavy atom. The highest BCUT2D eigenvalue weighted by molar-refractivity contribution is 6.05. The second-order valence-electron chi connectivity index (χ2n) is 5.08. The van der Waals surface area contributed by atoms with E-state index >= 15 is 0 Å². The molecule has 102 valence electrons. The van der Waals surface area contributed by atoms with Crippen LogP contribution in [0.5, 0.6) is 0 Å². The van der Waals surface area contributed by atoms with E-state index < -0.39 is 5.82 Å². The molecular weight excluding hydrogens is 253 g/mol. The summed E-state index contributed by atoms with van der Waals surface area (Å²) >= 11 is 0. The Balaban J connectivity index is 1.90. The molecule has 0 saturated heterocycles. The van der Waals surface area contributed by atoms with Gasteiger partial charge in [-0.2, -0.15) is 0 Å². The van der Waals surface area contributed by atoms with Crippen molar-refractivity contribution < 1.29 is 9.18 Å². The molecule has 2 aromatic carbocycles. The number of para-hydroxylation sites is 1. The lowest BCUT2D eigenvalue weighted by Crippen LogP contribution is -2.17. The van der Waals surface area contributed by atoms with Crippen molar-refractivity contribution >= 4 is 11.6 Å². The first kappa shape index (κ1) is 12.9. The SMILES string of the molecule is O=C(Nc1ccccc1F)c1cccc2c1CCCC2. The zero-order valence-corrected chi connectivity index (χ0v) is 11.2. The van der Waals surface area contributed by atoms with Gasteiger partial charge in [0.05, 0.1) is 5.69 Å². The summed E-state index contributed by atoms with van der Waals surface area (Å²) in [6, 6.07) is 12.0. The number of amides is 1. The normalized spacial score (nSPS) is 13.7. The van der Waals surface area contributed by atoms with E-state index in [-0.39, 0.29) is 11.6 Å². The molecule has 0 aliphatic heterocycles. The van der Waals surface area contributed by atoms with Gasteiger partial charge in [-0.3, -0.25) is 4.79 Å². The Hall–Kier alpha value is -2.16. The molecule has 0 radical (unpaired) electrons. The van der Waals surface area contributed by atoms with Crippen molar-refractivity contribution in [2.45, 2.75) is 25.7 Å². The summed E-state index contributed by atoms with van der Waals surface area (Å²) in [6.45, 7) is 0. The van der Waals surface area contributed by atoms with Crippen LogP contribution in [0.25, 0.3) is 0 Å². The van der Waals surface area contributed by atoms with E-state index in [1.54, 1.807) is 18.2 Å². The molecule has 0 bridgehead atoms. The minimum absolute atomic E-state index is 0.228. The number of carbonyl (C=O) groups is 1. The Morgan fingerprint density at radius 1 is 1.00 bits per heavy atom. The number of nitrogens with one attached hydrogen (secondary N) is 1. The quantitative estimate of drug-likeness (QED) is 0.878. The number of aryl methyl sites for hydroxylation is 1. The highest BCUT2D eigenvalue weighted by atomic mass is 19.1. The number of rotatable bonds is 2. The van der Waals surface area contributed by atoms with Crippen molar-refractivity contribution in [3.8, 4) is 0 Å². The van der Waals surface area contributed by atoms with E-state index in [1.165, 1.54) is 18.1 Å². The van der Waals surface area contributed by atoms with Crippen molar-refractivity contribution in [3.63, 3.8) is 0 Å². The standard InChI is InChI=1S/C17H16FNO/c18-15-10-3-4-11-16(15)19-17(20)14-9-5-7-12-6-1-2-8-13(12)14/h3-5,7,9-11H,1-2,6,8H2,(H,19,20). The van der Waals surface area contributed by atoms with Crippen LogP contribution in [-0.4, -0.2) is 5.91 Å². The van der Waals surface area contributed by atoms with Gasteiger partial charge in [0, 0.05) is 5.56 Å². The third-order valence-corrected chi connectivity index (χ3v) is 3.76. The molecule has 0 spiro atoms. The van der Waals surface area contributed by atoms with Gasteiger partial charge in [0.2, 0.25) is 0 Å². The molecule has 3 heteroatoms. The summed E-state index contributed by atoms with van der Waals surface area (Å²) < 4.78 is 13.6. The van der Waals surface area contributed by atoms with E-state index in [9.17, 15) is 9.18 Å². The van der Waals surface area contributed by atoms with Gasteiger partial charge in [0.1, 0.15) is 5.82 Å². The summed E-state index contributed by atoms with van der Waals surface area (Å²) in [5, 5.41) is 2.66. The number of fused-ring (bicyclic) bond motifs is 1. The Bertz CT molecular complexity index is 651. The van der Waals surface area contributed by atoms with Gasteiger partial charge < -0.3 is 5.32 Å². The van der Waals surface area contributed by atoms with Crippen LogP contribution < -0.4 is 5.32 Å². The van der Waals surface area contributed by atoms with Crippen LogP contribution in [0.3, 0.4) is 0 Å². The number of carbonyl (C=O) groups excluding carboxylic acids is 1. The number of halogens is 1. The van der Waals surface area contributed by atoms with Crippen molar-refractivity contribution in [1.29, 1.82) is 0 Å². The molecule has 3 rings (SSSR count). The molecule has 0 atom stereocenters. The third-order valence-electron chi connectivity index (χ3n) is 3.76. The molecule has 0 aromatic heterocycles. The number of benzene rings is 2. The summed E-state index contributed by atoms with van der Waals surface area (Å²) in [5.41, 5.74) is 3.27. The smallest absolute Gasteiger partial charge is 0.256 e. The second kappa shape index (κ2) is 5.45. The van der Waals surface area contributed by atoms with Crippen molar-refractivity contribution in [1.82, 2.24) is 0 Å². The minimum atomic E-state index is -0.411. The molecule has 1 amide bonds. The molecule has 0 unspecified atom stereocenters. The van der Waals surface area contributed by atoms with E-state index in [1.807, 2.05) is 12.1 Å². The summed E-state index contributed by atoms with van der Waals surface area (Å²) in [5.74, 6) is -0.639. The molecule has 0 saturated carbocycles. The zero-order valence-electron chi connectivity index (χ0n) is 11.2. The van der Waals surface area contributed by atoms with E-state index in [0.717, 1.165) is 24.8 Å². The monoisotopic (exact) mass is 269 g/mol. The second-order valence-corrected chi connectivity index (χ2v) is 5.08. The molecule has 1 N–H and O–H groups in total. The predicted molar refractivity (Wildman–Crippen MR) is 77.4 cm³/mol. The fourth-order valence-electron chi connectivity index (χ4n) is 2.75.